The van der Waals surface area contributed by atoms with Gasteiger partial charge in [0.25, 0.3) is 0 Å². The first kappa shape index (κ1) is 17.6. The third-order valence-electron chi connectivity index (χ3n) is 6.33. The van der Waals surface area contributed by atoms with Crippen LogP contribution in [0.3, 0.4) is 0 Å². The SMILES string of the molecule is COc1nsc(NC(=O)N2CC3C[C@H](n4cnc5cnc6[nH]ccc6c54)C[C@H]3C2)n1. The molecular formula is C19H20N8O2S. The van der Waals surface area contributed by atoms with Crippen LogP contribution in [-0.4, -0.2) is 60.0 Å². The number of carbonyl (C=O) groups excluding carboxylic acids is 1. The number of H-pyrrole nitrogens is 1. The number of likely N-dealkylation sites (tertiary alicyclic amines) is 1. The van der Waals surface area contributed by atoms with E-state index in [1.165, 1.54) is 7.11 Å². The smallest absolute Gasteiger partial charge is 0.329 e. The number of imidazole rings is 1. The van der Waals surface area contributed by atoms with E-state index in [4.69, 9.17) is 4.74 Å². The number of ether oxygens (including phenoxy) is 1. The molecule has 3 atom stereocenters. The highest BCUT2D eigenvalue weighted by Gasteiger charge is 2.43. The average molecular weight is 424 g/mol. The molecule has 2 aliphatic rings. The van der Waals surface area contributed by atoms with Crippen molar-refractivity contribution in [2.45, 2.75) is 18.9 Å². The molecule has 2 fully saturated rings. The van der Waals surface area contributed by atoms with Crippen molar-refractivity contribution in [1.29, 1.82) is 0 Å². The summed E-state index contributed by atoms with van der Waals surface area (Å²) < 4.78 is 11.3. The van der Waals surface area contributed by atoms with Gasteiger partial charge in [-0.3, -0.25) is 5.32 Å². The van der Waals surface area contributed by atoms with Crippen LogP contribution in [0.4, 0.5) is 9.93 Å². The number of anilines is 1. The lowest BCUT2D eigenvalue weighted by molar-refractivity contribution is 0.217. The first-order chi connectivity index (χ1) is 14.7. The summed E-state index contributed by atoms with van der Waals surface area (Å²) in [5.74, 6) is 0.983. The van der Waals surface area contributed by atoms with Gasteiger partial charge in [0.05, 0.1) is 25.2 Å². The molecule has 4 aromatic heterocycles. The molecule has 11 heteroatoms. The second-order valence-corrected chi connectivity index (χ2v) is 8.70. The van der Waals surface area contributed by atoms with Gasteiger partial charge >= 0.3 is 12.0 Å². The molecule has 1 aliphatic heterocycles. The van der Waals surface area contributed by atoms with Crippen LogP contribution in [0.1, 0.15) is 18.9 Å². The Bertz CT molecular complexity index is 1230. The molecule has 1 saturated carbocycles. The average Bonchev–Trinajstić information content (AvgIpc) is 3.53. The summed E-state index contributed by atoms with van der Waals surface area (Å²) in [7, 11) is 1.51. The van der Waals surface area contributed by atoms with Crippen molar-refractivity contribution in [3.8, 4) is 6.01 Å². The minimum absolute atomic E-state index is 0.118. The zero-order chi connectivity index (χ0) is 20.2. The minimum atomic E-state index is -0.118. The van der Waals surface area contributed by atoms with Crippen LogP contribution in [0.2, 0.25) is 0 Å². The van der Waals surface area contributed by atoms with Gasteiger partial charge < -0.3 is 19.2 Å². The van der Waals surface area contributed by atoms with Gasteiger partial charge in [-0.2, -0.15) is 4.98 Å². The Morgan fingerprint density at radius 3 is 2.90 bits per heavy atom. The molecule has 1 saturated heterocycles. The van der Waals surface area contributed by atoms with Gasteiger partial charge in [-0.15, -0.1) is 4.37 Å². The number of hydrogen-bond acceptors (Lipinski definition) is 7. The summed E-state index contributed by atoms with van der Waals surface area (Å²) in [6.07, 6.45) is 7.77. The Morgan fingerprint density at radius 1 is 1.30 bits per heavy atom. The van der Waals surface area contributed by atoms with E-state index in [0.717, 1.165) is 59.5 Å². The van der Waals surface area contributed by atoms with E-state index in [0.29, 0.717) is 23.0 Å². The quantitative estimate of drug-likeness (QED) is 0.523. The van der Waals surface area contributed by atoms with Crippen LogP contribution in [0.5, 0.6) is 6.01 Å². The number of aromatic amines is 1. The lowest BCUT2D eigenvalue weighted by Gasteiger charge is -2.20. The number of nitrogens with one attached hydrogen (secondary N) is 2. The van der Waals surface area contributed by atoms with Gasteiger partial charge in [-0.25, -0.2) is 14.8 Å². The second-order valence-electron chi connectivity index (χ2n) is 7.95. The lowest BCUT2D eigenvalue weighted by Crippen LogP contribution is -2.34. The van der Waals surface area contributed by atoms with E-state index >= 15 is 0 Å². The highest BCUT2D eigenvalue weighted by molar-refractivity contribution is 7.10. The number of urea groups is 1. The van der Waals surface area contributed by atoms with Gasteiger partial charge in [0, 0.05) is 42.2 Å². The summed E-state index contributed by atoms with van der Waals surface area (Å²) >= 11 is 1.12. The second kappa shape index (κ2) is 6.66. The van der Waals surface area contributed by atoms with Crippen LogP contribution < -0.4 is 10.1 Å². The van der Waals surface area contributed by atoms with E-state index in [2.05, 4.69) is 40.3 Å². The monoisotopic (exact) mass is 424 g/mol. The molecule has 6 rings (SSSR count). The number of nitrogens with zero attached hydrogens (tertiary/aromatic N) is 6. The summed E-state index contributed by atoms with van der Waals surface area (Å²) in [6.45, 7) is 1.52. The number of rotatable bonds is 3. The first-order valence-electron chi connectivity index (χ1n) is 9.92. The molecule has 0 bridgehead atoms. The standard InChI is InChI=1S/C19H20N8O2S/c1-29-17-23-18(30-25-17)24-19(28)26-7-10-4-12(5-11(10)8-26)27-9-22-14-6-21-16-13(15(14)27)2-3-20-16/h2-3,6,9-12H,4-5,7-8H2,1H3,(H,20,21)(H,23,24,25,28)/t10-,11?,12+/m0/s1. The number of carbonyl (C=O) groups is 1. The van der Waals surface area contributed by atoms with Gasteiger partial charge in [0.1, 0.15) is 11.2 Å². The largest absolute Gasteiger partial charge is 0.466 e. The molecule has 0 radical (unpaired) electrons. The number of pyridine rings is 1. The normalized spacial score (nSPS) is 23.4. The van der Waals surface area contributed by atoms with Crippen LogP contribution >= 0.6 is 11.5 Å². The lowest BCUT2D eigenvalue weighted by atomic mass is 10.0. The predicted octanol–water partition coefficient (Wildman–Crippen LogP) is 2.89. The number of aromatic nitrogens is 6. The highest BCUT2D eigenvalue weighted by atomic mass is 32.1. The maximum absolute atomic E-state index is 12.6. The molecule has 5 heterocycles. The van der Waals surface area contributed by atoms with Crippen molar-refractivity contribution >= 4 is 44.8 Å². The number of methoxy groups -OCH3 is 1. The zero-order valence-corrected chi connectivity index (χ0v) is 17.1. The summed E-state index contributed by atoms with van der Waals surface area (Å²) in [5, 5.41) is 4.40. The Morgan fingerprint density at radius 2 is 2.13 bits per heavy atom. The number of amides is 2. The molecule has 0 aromatic carbocycles. The summed E-state index contributed by atoms with van der Waals surface area (Å²) in [4.78, 5) is 30.8. The van der Waals surface area contributed by atoms with Gasteiger partial charge in [0.2, 0.25) is 5.13 Å². The molecule has 1 unspecified atom stereocenters. The van der Waals surface area contributed by atoms with Crippen LogP contribution in [0.25, 0.3) is 22.1 Å². The molecule has 1 aliphatic carbocycles. The number of hydrogen-bond donors (Lipinski definition) is 2. The molecule has 2 amide bonds. The van der Waals surface area contributed by atoms with Gasteiger partial charge in [0.15, 0.2) is 0 Å². The maximum atomic E-state index is 12.6. The zero-order valence-electron chi connectivity index (χ0n) is 16.3. The topological polar surface area (TPSA) is 114 Å². The third-order valence-corrected chi connectivity index (χ3v) is 6.94. The van der Waals surface area contributed by atoms with Crippen molar-refractivity contribution in [3.05, 3.63) is 24.8 Å². The van der Waals surface area contributed by atoms with E-state index < -0.39 is 0 Å². The van der Waals surface area contributed by atoms with E-state index in [1.807, 2.05) is 23.6 Å². The van der Waals surface area contributed by atoms with Crippen molar-refractivity contribution < 1.29 is 9.53 Å². The molecule has 10 nitrogen and oxygen atoms in total. The Hall–Kier alpha value is -3.21. The van der Waals surface area contributed by atoms with E-state index in [-0.39, 0.29) is 12.0 Å². The van der Waals surface area contributed by atoms with E-state index in [9.17, 15) is 4.79 Å². The summed E-state index contributed by atoms with van der Waals surface area (Å²) in [6, 6.07) is 2.61. The Kier molecular flexibility index (Phi) is 3.91. The maximum Gasteiger partial charge on any atom is 0.329 e. The van der Waals surface area contributed by atoms with Crippen LogP contribution in [-0.2, 0) is 0 Å². The predicted molar refractivity (Wildman–Crippen MR) is 112 cm³/mol. The molecule has 4 aromatic rings. The van der Waals surface area contributed by atoms with Crippen molar-refractivity contribution in [3.63, 3.8) is 0 Å². The molecular weight excluding hydrogens is 404 g/mol. The van der Waals surface area contributed by atoms with Crippen LogP contribution in [0, 0.1) is 11.8 Å². The molecule has 0 spiro atoms. The Labute approximate surface area is 175 Å². The molecule has 154 valence electrons. The van der Waals surface area contributed by atoms with Crippen molar-refractivity contribution in [2.75, 3.05) is 25.5 Å². The van der Waals surface area contributed by atoms with E-state index in [1.54, 1.807) is 0 Å². The highest BCUT2D eigenvalue weighted by Crippen LogP contribution is 2.45. The van der Waals surface area contributed by atoms with Crippen LogP contribution in [0.15, 0.2) is 24.8 Å². The van der Waals surface area contributed by atoms with Crippen molar-refractivity contribution in [2.24, 2.45) is 11.8 Å². The molecule has 2 N–H and O–H groups in total. The fourth-order valence-electron chi connectivity index (χ4n) is 4.98. The minimum Gasteiger partial charge on any atom is -0.466 e. The molecule has 30 heavy (non-hydrogen) atoms. The Balaban J connectivity index is 1.17. The first-order valence-corrected chi connectivity index (χ1v) is 10.7. The summed E-state index contributed by atoms with van der Waals surface area (Å²) in [5.41, 5.74) is 2.96. The van der Waals surface area contributed by atoms with Crippen molar-refractivity contribution in [1.82, 2.24) is 33.8 Å². The van der Waals surface area contributed by atoms with Gasteiger partial charge in [-0.1, -0.05) is 0 Å². The van der Waals surface area contributed by atoms with Gasteiger partial charge in [-0.05, 0) is 30.7 Å². The number of fused-ring (bicyclic) bond motifs is 4. The third kappa shape index (κ3) is 2.72. The fourth-order valence-corrected chi connectivity index (χ4v) is 5.52. The fraction of sp³-hybridized carbons (Fsp3) is 0.421.